The highest BCUT2D eigenvalue weighted by molar-refractivity contribution is 9.10. The van der Waals surface area contributed by atoms with Crippen molar-refractivity contribution in [3.05, 3.63) is 57.4 Å². The van der Waals surface area contributed by atoms with Crippen molar-refractivity contribution in [3.8, 4) is 28.7 Å². The second-order valence-electron chi connectivity index (χ2n) is 5.48. The zero-order valence-corrected chi connectivity index (χ0v) is 15.1. The monoisotopic (exact) mass is 413 g/mol. The van der Waals surface area contributed by atoms with Crippen LogP contribution < -0.4 is 16.1 Å². The van der Waals surface area contributed by atoms with E-state index < -0.39 is 5.63 Å². The van der Waals surface area contributed by atoms with Crippen LogP contribution in [0.25, 0.3) is 33.9 Å². The zero-order chi connectivity index (χ0) is 18.3. The normalized spacial score (nSPS) is 11.0. The lowest BCUT2D eigenvalue weighted by molar-refractivity contribution is 0.406. The number of nitrogens with two attached hydrogens (primary N) is 1. The number of hydrogen-bond donors (Lipinski definition) is 1. The molecule has 0 saturated carbocycles. The number of rotatable bonds is 3. The van der Waals surface area contributed by atoms with Gasteiger partial charge in [0, 0.05) is 21.1 Å². The van der Waals surface area contributed by atoms with Crippen LogP contribution in [0, 0.1) is 0 Å². The van der Waals surface area contributed by atoms with E-state index in [0.717, 1.165) is 4.47 Å². The molecule has 26 heavy (non-hydrogen) atoms. The third kappa shape index (κ3) is 2.74. The summed E-state index contributed by atoms with van der Waals surface area (Å²) in [5, 5.41) is 8.62. The van der Waals surface area contributed by atoms with Gasteiger partial charge < -0.3 is 19.3 Å². The molecule has 0 fully saturated rings. The maximum Gasteiger partial charge on any atom is 0.349 e. The third-order valence-corrected chi connectivity index (χ3v) is 4.51. The van der Waals surface area contributed by atoms with Gasteiger partial charge in [0.1, 0.15) is 5.56 Å². The van der Waals surface area contributed by atoms with Gasteiger partial charge in [0.05, 0.1) is 7.11 Å². The smallest absolute Gasteiger partial charge is 0.349 e. The summed E-state index contributed by atoms with van der Waals surface area (Å²) < 4.78 is 17.1. The van der Waals surface area contributed by atoms with Gasteiger partial charge in [-0.25, -0.2) is 4.79 Å². The summed E-state index contributed by atoms with van der Waals surface area (Å²) in [6.07, 6.45) is 0. The molecule has 0 radical (unpaired) electrons. The van der Waals surface area contributed by atoms with Gasteiger partial charge in [-0.15, -0.1) is 10.2 Å². The summed E-state index contributed by atoms with van der Waals surface area (Å²) in [6.45, 7) is 0. The van der Waals surface area contributed by atoms with Crippen molar-refractivity contribution in [2.75, 3.05) is 12.8 Å². The Hall–Kier alpha value is -3.13. The minimum absolute atomic E-state index is 0.0628. The molecule has 8 heteroatoms. The van der Waals surface area contributed by atoms with Gasteiger partial charge in [-0.3, -0.25) is 0 Å². The number of methoxy groups -OCH3 is 1. The molecule has 7 nitrogen and oxygen atoms in total. The molecule has 2 aromatic heterocycles. The number of ether oxygens (including phenoxy) is 1. The first-order valence-electron chi connectivity index (χ1n) is 7.57. The fraction of sp³-hybridized carbons (Fsp3) is 0.0556. The minimum Gasteiger partial charge on any atom is -0.493 e. The Morgan fingerprint density at radius 3 is 2.65 bits per heavy atom. The number of aromatic nitrogens is 2. The predicted molar refractivity (Wildman–Crippen MR) is 99.9 cm³/mol. The third-order valence-electron chi connectivity index (χ3n) is 3.82. The summed E-state index contributed by atoms with van der Waals surface area (Å²) in [5.74, 6) is 0.780. The van der Waals surface area contributed by atoms with Crippen LogP contribution in [0.1, 0.15) is 0 Å². The first kappa shape index (κ1) is 16.3. The average molecular weight is 414 g/mol. The Bertz CT molecular complexity index is 1180. The van der Waals surface area contributed by atoms with Crippen LogP contribution in [0.5, 0.6) is 5.75 Å². The maximum atomic E-state index is 12.4. The number of nitrogen functional groups attached to an aromatic ring is 1. The summed E-state index contributed by atoms with van der Waals surface area (Å²) in [6, 6.07) is 12.2. The van der Waals surface area contributed by atoms with E-state index in [0.29, 0.717) is 28.0 Å². The van der Waals surface area contributed by atoms with Crippen LogP contribution in [0.15, 0.2) is 60.6 Å². The van der Waals surface area contributed by atoms with Crippen LogP contribution >= 0.6 is 15.9 Å². The molecule has 0 bridgehead atoms. The topological polar surface area (TPSA) is 104 Å². The Balaban J connectivity index is 1.86. The van der Waals surface area contributed by atoms with Gasteiger partial charge in [-0.05, 0) is 36.4 Å². The summed E-state index contributed by atoms with van der Waals surface area (Å²) in [7, 11) is 1.51. The maximum absolute atomic E-state index is 12.4. The molecule has 0 amide bonds. The van der Waals surface area contributed by atoms with E-state index in [2.05, 4.69) is 26.1 Å². The second-order valence-corrected chi connectivity index (χ2v) is 6.33. The molecular formula is C18H12BrN3O4. The number of benzene rings is 2. The lowest BCUT2D eigenvalue weighted by Crippen LogP contribution is -2.03. The van der Waals surface area contributed by atoms with Crippen molar-refractivity contribution in [2.45, 2.75) is 0 Å². The molecule has 0 saturated heterocycles. The van der Waals surface area contributed by atoms with E-state index in [1.165, 1.54) is 7.11 Å². The molecule has 2 aromatic carbocycles. The van der Waals surface area contributed by atoms with E-state index in [4.69, 9.17) is 19.3 Å². The van der Waals surface area contributed by atoms with E-state index in [-0.39, 0.29) is 17.3 Å². The number of hydrogen-bond acceptors (Lipinski definition) is 7. The quantitative estimate of drug-likeness (QED) is 0.401. The molecule has 130 valence electrons. The molecule has 0 aliphatic rings. The Morgan fingerprint density at radius 1 is 1.08 bits per heavy atom. The summed E-state index contributed by atoms with van der Waals surface area (Å²) in [4.78, 5) is 12.4. The standard InChI is InChI=1S/C18H12BrN3O4/c1-24-14-6-5-13(19)11-8-12(18(23)25-15(11)14)17-22-21-16(26-17)9-3-2-4-10(20)7-9/h2-8H,20H2,1H3. The van der Waals surface area contributed by atoms with Crippen LogP contribution in [-0.2, 0) is 0 Å². The second kappa shape index (κ2) is 6.30. The molecule has 0 spiro atoms. The highest BCUT2D eigenvalue weighted by atomic mass is 79.9. The minimum atomic E-state index is -0.600. The van der Waals surface area contributed by atoms with Gasteiger partial charge >= 0.3 is 5.63 Å². The Kier molecular flexibility index (Phi) is 3.96. The molecule has 4 aromatic rings. The largest absolute Gasteiger partial charge is 0.493 e. The van der Waals surface area contributed by atoms with Gasteiger partial charge in [-0.2, -0.15) is 0 Å². The number of nitrogens with zero attached hydrogens (tertiary/aromatic N) is 2. The Labute approximate surface area is 155 Å². The van der Waals surface area contributed by atoms with Crippen LogP contribution in [0.3, 0.4) is 0 Å². The summed E-state index contributed by atoms with van der Waals surface area (Å²) >= 11 is 3.44. The number of anilines is 1. The molecular weight excluding hydrogens is 402 g/mol. The first-order valence-corrected chi connectivity index (χ1v) is 8.36. The average Bonchev–Trinajstić information content (AvgIpc) is 3.12. The van der Waals surface area contributed by atoms with Gasteiger partial charge in [0.2, 0.25) is 5.89 Å². The molecule has 2 N–H and O–H groups in total. The van der Waals surface area contributed by atoms with E-state index in [1.54, 1.807) is 42.5 Å². The van der Waals surface area contributed by atoms with Gasteiger partial charge in [0.15, 0.2) is 11.3 Å². The highest BCUT2D eigenvalue weighted by Crippen LogP contribution is 2.33. The lowest BCUT2D eigenvalue weighted by Gasteiger charge is -2.06. The van der Waals surface area contributed by atoms with E-state index >= 15 is 0 Å². The molecule has 4 rings (SSSR count). The fourth-order valence-electron chi connectivity index (χ4n) is 2.58. The summed E-state index contributed by atoms with van der Waals surface area (Å²) in [5.41, 5.74) is 6.91. The van der Waals surface area contributed by atoms with Crippen LogP contribution in [0.2, 0.25) is 0 Å². The van der Waals surface area contributed by atoms with Crippen molar-refractivity contribution in [1.29, 1.82) is 0 Å². The lowest BCUT2D eigenvalue weighted by atomic mass is 10.1. The van der Waals surface area contributed by atoms with E-state index in [9.17, 15) is 4.79 Å². The molecule has 0 atom stereocenters. The van der Waals surface area contributed by atoms with E-state index in [1.807, 2.05) is 0 Å². The van der Waals surface area contributed by atoms with Gasteiger partial charge in [-0.1, -0.05) is 22.0 Å². The Morgan fingerprint density at radius 2 is 1.88 bits per heavy atom. The highest BCUT2D eigenvalue weighted by Gasteiger charge is 2.18. The number of halogens is 1. The fourth-order valence-corrected chi connectivity index (χ4v) is 3.00. The first-order chi connectivity index (χ1) is 12.6. The molecule has 0 unspecified atom stereocenters. The molecule has 0 aliphatic heterocycles. The molecule has 0 aliphatic carbocycles. The van der Waals surface area contributed by atoms with Gasteiger partial charge in [0.25, 0.3) is 5.89 Å². The molecule has 2 heterocycles. The van der Waals surface area contributed by atoms with Crippen LogP contribution in [-0.4, -0.2) is 17.3 Å². The SMILES string of the molecule is COc1ccc(Br)c2cc(-c3nnc(-c4cccc(N)c4)o3)c(=O)oc12. The number of fused-ring (bicyclic) bond motifs is 1. The van der Waals surface area contributed by atoms with Crippen LogP contribution in [0.4, 0.5) is 5.69 Å². The van der Waals surface area contributed by atoms with Crippen molar-refractivity contribution in [2.24, 2.45) is 0 Å². The van der Waals surface area contributed by atoms with Crippen molar-refractivity contribution in [1.82, 2.24) is 10.2 Å². The van der Waals surface area contributed by atoms with Crippen molar-refractivity contribution < 1.29 is 13.6 Å². The predicted octanol–water partition coefficient (Wildman–Crippen LogP) is 3.86. The zero-order valence-electron chi connectivity index (χ0n) is 13.5. The van der Waals surface area contributed by atoms with Crippen molar-refractivity contribution >= 4 is 32.6 Å². The van der Waals surface area contributed by atoms with Crippen molar-refractivity contribution in [3.63, 3.8) is 0 Å².